The highest BCUT2D eigenvalue weighted by molar-refractivity contribution is 7.89. The molecule has 1 aromatic heterocycles. The van der Waals surface area contributed by atoms with Crippen molar-refractivity contribution in [2.75, 3.05) is 12.4 Å². The number of nitrogens with zero attached hydrogens (tertiary/aromatic N) is 1. The highest BCUT2D eigenvalue weighted by atomic mass is 35.5. The van der Waals surface area contributed by atoms with Crippen molar-refractivity contribution < 1.29 is 8.42 Å². The summed E-state index contributed by atoms with van der Waals surface area (Å²) in [5.74, 6) is 1.14. The maximum atomic E-state index is 12.4. The number of nitrogens with one attached hydrogen (secondary N) is 2. The summed E-state index contributed by atoms with van der Waals surface area (Å²) in [7, 11) is -1.88. The summed E-state index contributed by atoms with van der Waals surface area (Å²) in [5, 5.41) is 3.11. The van der Waals surface area contributed by atoms with Crippen molar-refractivity contribution in [3.63, 3.8) is 0 Å². The number of rotatable bonds is 4. The number of halogens is 1. The van der Waals surface area contributed by atoms with E-state index in [1.54, 1.807) is 7.05 Å². The largest absolute Gasteiger partial charge is 0.372 e. The summed E-state index contributed by atoms with van der Waals surface area (Å²) < 4.78 is 27.6. The van der Waals surface area contributed by atoms with Gasteiger partial charge < -0.3 is 5.32 Å². The average molecular weight is 332 g/mol. The molecule has 2 N–H and O–H groups in total. The molecule has 0 spiro atoms. The number of sulfonamides is 1. The van der Waals surface area contributed by atoms with Crippen molar-refractivity contribution in [1.29, 1.82) is 0 Å². The van der Waals surface area contributed by atoms with Gasteiger partial charge in [0.15, 0.2) is 0 Å². The van der Waals surface area contributed by atoms with E-state index < -0.39 is 10.0 Å². The van der Waals surface area contributed by atoms with Crippen LogP contribution in [0.3, 0.4) is 0 Å². The minimum atomic E-state index is -3.57. The molecule has 0 aliphatic heterocycles. The van der Waals surface area contributed by atoms with Crippen LogP contribution in [0.5, 0.6) is 0 Å². The molecule has 21 heavy (non-hydrogen) atoms. The van der Waals surface area contributed by atoms with Crippen LogP contribution in [0.4, 0.5) is 5.82 Å². The third-order valence-corrected chi connectivity index (χ3v) is 5.72. The van der Waals surface area contributed by atoms with E-state index in [0.29, 0.717) is 16.8 Å². The first kappa shape index (κ1) is 16.5. The Labute approximate surface area is 131 Å². The van der Waals surface area contributed by atoms with Gasteiger partial charge in [-0.15, -0.1) is 0 Å². The molecule has 1 aromatic rings. The van der Waals surface area contributed by atoms with Gasteiger partial charge in [-0.25, -0.2) is 18.1 Å². The Morgan fingerprint density at radius 3 is 2.71 bits per heavy atom. The molecule has 5 nitrogen and oxygen atoms in total. The van der Waals surface area contributed by atoms with Crippen molar-refractivity contribution in [1.82, 2.24) is 9.71 Å². The van der Waals surface area contributed by atoms with Crippen LogP contribution >= 0.6 is 11.6 Å². The molecule has 2 atom stereocenters. The standard InChI is InChI=1S/C14H22ClN3O2S/c1-10-4-3-5-11(7-6-10)18-21(19,20)12-8-13(15)14(16-2)17-9-12/h8-11,18H,3-7H2,1-2H3,(H,16,17). The lowest BCUT2D eigenvalue weighted by Crippen LogP contribution is -2.34. The van der Waals surface area contributed by atoms with Crippen LogP contribution in [0.2, 0.25) is 5.02 Å². The Kier molecular flexibility index (Phi) is 5.46. The SMILES string of the molecule is CNc1ncc(S(=O)(=O)NC2CCCC(C)CC2)cc1Cl. The molecule has 7 heteroatoms. The third-order valence-electron chi connectivity index (χ3n) is 3.94. The van der Waals surface area contributed by atoms with Crippen LogP contribution in [0.25, 0.3) is 0 Å². The number of pyridine rings is 1. The molecule has 1 aliphatic rings. The molecule has 1 saturated carbocycles. The van der Waals surface area contributed by atoms with Gasteiger partial charge in [0.25, 0.3) is 0 Å². The molecule has 0 radical (unpaired) electrons. The van der Waals surface area contributed by atoms with Crippen LogP contribution < -0.4 is 10.0 Å². The Balaban J connectivity index is 2.12. The molecule has 2 unspecified atom stereocenters. The maximum Gasteiger partial charge on any atom is 0.242 e. The summed E-state index contributed by atoms with van der Waals surface area (Å²) in [6, 6.07) is 1.44. The van der Waals surface area contributed by atoms with E-state index >= 15 is 0 Å². The lowest BCUT2D eigenvalue weighted by molar-refractivity contribution is 0.484. The fourth-order valence-electron chi connectivity index (χ4n) is 2.64. The van der Waals surface area contributed by atoms with Gasteiger partial charge in [0.1, 0.15) is 10.7 Å². The van der Waals surface area contributed by atoms with Crippen molar-refractivity contribution in [2.24, 2.45) is 5.92 Å². The van der Waals surface area contributed by atoms with Gasteiger partial charge in [-0.05, 0) is 31.2 Å². The zero-order valence-corrected chi connectivity index (χ0v) is 14.0. The van der Waals surface area contributed by atoms with Crippen LogP contribution in [-0.2, 0) is 10.0 Å². The molecule has 0 amide bonds. The normalized spacial score (nSPS) is 23.6. The van der Waals surface area contributed by atoms with Gasteiger partial charge in [0.05, 0.1) is 5.02 Å². The molecular weight excluding hydrogens is 310 g/mol. The lowest BCUT2D eigenvalue weighted by Gasteiger charge is -2.16. The molecule has 2 rings (SSSR count). The van der Waals surface area contributed by atoms with Gasteiger partial charge in [-0.2, -0.15) is 0 Å². The smallest absolute Gasteiger partial charge is 0.242 e. The fraction of sp³-hybridized carbons (Fsp3) is 0.643. The monoisotopic (exact) mass is 331 g/mol. The maximum absolute atomic E-state index is 12.4. The van der Waals surface area contributed by atoms with E-state index in [2.05, 4.69) is 21.9 Å². The quantitative estimate of drug-likeness (QED) is 0.832. The molecule has 0 bridgehead atoms. The summed E-state index contributed by atoms with van der Waals surface area (Å²) in [4.78, 5) is 4.14. The molecule has 1 fully saturated rings. The van der Waals surface area contributed by atoms with Crippen LogP contribution in [0, 0.1) is 5.92 Å². The third kappa shape index (κ3) is 4.31. The van der Waals surface area contributed by atoms with Crippen LogP contribution in [0.1, 0.15) is 39.0 Å². The topological polar surface area (TPSA) is 71.1 Å². The molecule has 1 aliphatic carbocycles. The van der Waals surface area contributed by atoms with Gasteiger partial charge in [-0.1, -0.05) is 31.4 Å². The van der Waals surface area contributed by atoms with E-state index in [1.807, 2.05) is 0 Å². The number of aromatic nitrogens is 1. The predicted molar refractivity (Wildman–Crippen MR) is 85.2 cm³/mol. The number of anilines is 1. The summed E-state index contributed by atoms with van der Waals surface area (Å²) in [5.41, 5.74) is 0. The van der Waals surface area contributed by atoms with Crippen molar-refractivity contribution in [2.45, 2.75) is 50.0 Å². The first-order chi connectivity index (χ1) is 9.92. The molecule has 1 heterocycles. The highest BCUT2D eigenvalue weighted by Crippen LogP contribution is 2.25. The Morgan fingerprint density at radius 2 is 2.05 bits per heavy atom. The van der Waals surface area contributed by atoms with E-state index in [4.69, 9.17) is 11.6 Å². The van der Waals surface area contributed by atoms with Crippen molar-refractivity contribution in [3.05, 3.63) is 17.3 Å². The van der Waals surface area contributed by atoms with Crippen molar-refractivity contribution >= 4 is 27.4 Å². The average Bonchev–Trinajstić information content (AvgIpc) is 2.63. The van der Waals surface area contributed by atoms with E-state index in [9.17, 15) is 8.42 Å². The summed E-state index contributed by atoms with van der Waals surface area (Å²) in [6.45, 7) is 2.22. The minimum absolute atomic E-state index is 0.00250. The van der Waals surface area contributed by atoms with Gasteiger partial charge in [0.2, 0.25) is 10.0 Å². The molecule has 118 valence electrons. The predicted octanol–water partition coefficient (Wildman–Crippen LogP) is 3.02. The lowest BCUT2D eigenvalue weighted by atomic mass is 10.0. The first-order valence-corrected chi connectivity index (χ1v) is 9.14. The Hall–Kier alpha value is -0.850. The molecule has 0 aromatic carbocycles. The molecular formula is C14H22ClN3O2S. The Morgan fingerprint density at radius 1 is 1.29 bits per heavy atom. The zero-order chi connectivity index (χ0) is 15.5. The first-order valence-electron chi connectivity index (χ1n) is 7.28. The van der Waals surface area contributed by atoms with Crippen LogP contribution in [-0.4, -0.2) is 26.5 Å². The van der Waals surface area contributed by atoms with E-state index in [0.717, 1.165) is 25.7 Å². The van der Waals surface area contributed by atoms with Gasteiger partial charge in [0, 0.05) is 19.3 Å². The fourth-order valence-corrected chi connectivity index (χ4v) is 4.24. The van der Waals surface area contributed by atoms with Gasteiger partial charge >= 0.3 is 0 Å². The second kappa shape index (κ2) is 6.94. The number of hydrogen-bond donors (Lipinski definition) is 2. The summed E-state index contributed by atoms with van der Waals surface area (Å²) >= 11 is 6.01. The summed E-state index contributed by atoms with van der Waals surface area (Å²) in [6.07, 6.45) is 6.40. The number of hydrogen-bond acceptors (Lipinski definition) is 4. The Bertz CT molecular complexity index is 592. The van der Waals surface area contributed by atoms with Crippen LogP contribution in [0.15, 0.2) is 17.2 Å². The molecule has 0 saturated heterocycles. The second-order valence-electron chi connectivity index (χ2n) is 5.68. The zero-order valence-electron chi connectivity index (χ0n) is 12.4. The second-order valence-corrected chi connectivity index (χ2v) is 7.80. The van der Waals surface area contributed by atoms with E-state index in [-0.39, 0.29) is 10.9 Å². The van der Waals surface area contributed by atoms with Gasteiger partial charge in [-0.3, -0.25) is 0 Å². The highest BCUT2D eigenvalue weighted by Gasteiger charge is 2.23. The minimum Gasteiger partial charge on any atom is -0.372 e. The van der Waals surface area contributed by atoms with Crippen molar-refractivity contribution in [3.8, 4) is 0 Å². The van der Waals surface area contributed by atoms with E-state index in [1.165, 1.54) is 18.7 Å².